The van der Waals surface area contributed by atoms with Crippen LogP contribution in [0.15, 0.2) is 0 Å². The van der Waals surface area contributed by atoms with Gasteiger partial charge in [0.25, 0.3) is 11.8 Å². The van der Waals surface area contributed by atoms with Gasteiger partial charge in [-0.25, -0.2) is 4.79 Å². The van der Waals surface area contributed by atoms with Crippen molar-refractivity contribution in [3.63, 3.8) is 0 Å². The van der Waals surface area contributed by atoms with E-state index >= 15 is 0 Å². The van der Waals surface area contributed by atoms with Crippen LogP contribution in [0.5, 0.6) is 0 Å². The predicted molar refractivity (Wildman–Crippen MR) is 105 cm³/mol. The molecule has 0 spiro atoms. The van der Waals surface area contributed by atoms with Crippen molar-refractivity contribution in [3.8, 4) is 11.8 Å². The van der Waals surface area contributed by atoms with Gasteiger partial charge < -0.3 is 25.2 Å². The average molecular weight is 399 g/mol. The lowest BCUT2D eigenvalue weighted by Gasteiger charge is -2.27. The Hall–Kier alpha value is -2.31. The summed E-state index contributed by atoms with van der Waals surface area (Å²) in [5.74, 6) is 3.39. The first kappa shape index (κ1) is 25.7. The van der Waals surface area contributed by atoms with Crippen LogP contribution < -0.4 is 10.6 Å². The summed E-state index contributed by atoms with van der Waals surface area (Å²) in [7, 11) is 1.40. The highest BCUT2D eigenvalue weighted by Gasteiger charge is 2.20. The van der Waals surface area contributed by atoms with E-state index in [4.69, 9.17) is 14.6 Å². The van der Waals surface area contributed by atoms with Gasteiger partial charge in [-0.3, -0.25) is 14.5 Å². The number of nitrogens with zero attached hydrogens (tertiary/aromatic N) is 1. The van der Waals surface area contributed by atoms with Crippen LogP contribution >= 0.6 is 0 Å². The van der Waals surface area contributed by atoms with Crippen molar-refractivity contribution in [2.45, 2.75) is 58.7 Å². The van der Waals surface area contributed by atoms with E-state index in [-0.39, 0.29) is 18.9 Å². The molecular weight excluding hydrogens is 366 g/mol. The number of nitrogens with one attached hydrogen (secondary N) is 2. The van der Waals surface area contributed by atoms with Gasteiger partial charge in [-0.2, -0.15) is 0 Å². The molecule has 0 rings (SSSR count). The lowest BCUT2D eigenvalue weighted by molar-refractivity contribution is -0.117. The minimum absolute atomic E-state index is 0.0731. The van der Waals surface area contributed by atoms with Crippen LogP contribution in [0.4, 0.5) is 4.79 Å². The largest absolute Gasteiger partial charge is 0.465 e. The van der Waals surface area contributed by atoms with Gasteiger partial charge in [-0.15, -0.1) is 0 Å². The molecular formula is C19H33N3O6. The third-order valence-corrected chi connectivity index (χ3v) is 3.83. The van der Waals surface area contributed by atoms with E-state index in [1.54, 1.807) is 13.8 Å². The van der Waals surface area contributed by atoms with Gasteiger partial charge in [0, 0.05) is 38.6 Å². The Morgan fingerprint density at radius 1 is 0.929 bits per heavy atom. The van der Waals surface area contributed by atoms with Gasteiger partial charge in [-0.05, 0) is 47.5 Å². The van der Waals surface area contributed by atoms with Crippen molar-refractivity contribution in [2.24, 2.45) is 0 Å². The molecule has 0 saturated heterocycles. The highest BCUT2D eigenvalue weighted by Crippen LogP contribution is 2.14. The van der Waals surface area contributed by atoms with Crippen LogP contribution in [0.1, 0.15) is 47.5 Å². The zero-order valence-corrected chi connectivity index (χ0v) is 17.7. The van der Waals surface area contributed by atoms with E-state index in [1.165, 1.54) is 7.05 Å². The fourth-order valence-electron chi connectivity index (χ4n) is 2.02. The molecule has 9 nitrogen and oxygen atoms in total. The molecule has 0 fully saturated rings. The van der Waals surface area contributed by atoms with E-state index in [1.807, 2.05) is 20.8 Å². The molecule has 9 heteroatoms. The summed E-state index contributed by atoms with van der Waals surface area (Å²) in [6.07, 6.45) is -0.00163. The van der Waals surface area contributed by atoms with Crippen LogP contribution in [-0.2, 0) is 19.1 Å². The van der Waals surface area contributed by atoms with Gasteiger partial charge in [0.05, 0.1) is 11.2 Å². The van der Waals surface area contributed by atoms with E-state index in [0.717, 1.165) is 4.90 Å². The van der Waals surface area contributed by atoms with Gasteiger partial charge >= 0.3 is 6.09 Å². The highest BCUT2D eigenvalue weighted by molar-refractivity contribution is 6.02. The number of carbonyl (C=O) groups excluding carboxylic acids is 2. The molecule has 0 aliphatic heterocycles. The number of hydrogen-bond donors (Lipinski definition) is 3. The number of carbonyl (C=O) groups is 3. The summed E-state index contributed by atoms with van der Waals surface area (Å²) in [5.41, 5.74) is -0.962. The third-order valence-electron chi connectivity index (χ3n) is 3.83. The lowest BCUT2D eigenvalue weighted by Crippen LogP contribution is -2.37. The Morgan fingerprint density at radius 3 is 1.75 bits per heavy atom. The van der Waals surface area contributed by atoms with E-state index in [2.05, 4.69) is 22.5 Å². The molecule has 0 radical (unpaired) electrons. The van der Waals surface area contributed by atoms with Crippen molar-refractivity contribution >= 4 is 17.9 Å². The topological polar surface area (TPSA) is 117 Å². The molecule has 0 saturated carbocycles. The van der Waals surface area contributed by atoms with Gasteiger partial charge in [-0.1, -0.05) is 0 Å². The lowest BCUT2D eigenvalue weighted by atomic mass is 10.1. The Morgan fingerprint density at radius 2 is 1.36 bits per heavy atom. The second kappa shape index (κ2) is 12.2. The van der Waals surface area contributed by atoms with Crippen molar-refractivity contribution in [3.05, 3.63) is 0 Å². The highest BCUT2D eigenvalue weighted by atomic mass is 16.5. The molecule has 3 amide bonds. The molecule has 0 aliphatic rings. The van der Waals surface area contributed by atoms with Crippen LogP contribution in [0, 0.1) is 11.8 Å². The molecule has 0 heterocycles. The Kier molecular flexibility index (Phi) is 11.2. The zero-order valence-electron chi connectivity index (χ0n) is 17.7. The van der Waals surface area contributed by atoms with Crippen LogP contribution in [-0.4, -0.2) is 72.6 Å². The first-order chi connectivity index (χ1) is 12.9. The van der Waals surface area contributed by atoms with E-state index in [0.29, 0.717) is 26.0 Å². The van der Waals surface area contributed by atoms with Crippen molar-refractivity contribution in [2.75, 3.05) is 33.5 Å². The second-order valence-electron chi connectivity index (χ2n) is 7.47. The first-order valence-corrected chi connectivity index (χ1v) is 9.18. The Balaban J connectivity index is 4.15. The maximum atomic E-state index is 11.7. The molecule has 28 heavy (non-hydrogen) atoms. The van der Waals surface area contributed by atoms with Gasteiger partial charge in [0.15, 0.2) is 0 Å². The molecule has 0 aromatic carbocycles. The molecule has 0 aromatic rings. The van der Waals surface area contributed by atoms with Crippen LogP contribution in [0.3, 0.4) is 0 Å². The molecule has 3 N–H and O–H groups in total. The predicted octanol–water partition coefficient (Wildman–Crippen LogP) is 1.18. The van der Waals surface area contributed by atoms with E-state index in [9.17, 15) is 14.4 Å². The number of ether oxygens (including phenoxy) is 2. The van der Waals surface area contributed by atoms with Crippen molar-refractivity contribution in [1.29, 1.82) is 0 Å². The summed E-state index contributed by atoms with van der Waals surface area (Å²) in [6.45, 7) is 10.6. The number of hydrogen-bond acceptors (Lipinski definition) is 5. The summed E-state index contributed by atoms with van der Waals surface area (Å²) < 4.78 is 11.0. The monoisotopic (exact) mass is 399 g/mol. The molecule has 0 bridgehead atoms. The molecule has 0 aromatic heterocycles. The second-order valence-corrected chi connectivity index (χ2v) is 7.47. The average Bonchev–Trinajstić information content (AvgIpc) is 2.57. The maximum Gasteiger partial charge on any atom is 0.408 e. The number of rotatable bonds is 11. The minimum atomic E-state index is -1.08. The third kappa shape index (κ3) is 12.9. The quantitative estimate of drug-likeness (QED) is 0.355. The Bertz CT molecular complexity index is 592. The first-order valence-electron chi connectivity index (χ1n) is 9.18. The molecule has 0 atom stereocenters. The number of carboxylic acid groups (broad SMARTS) is 1. The minimum Gasteiger partial charge on any atom is -0.465 e. The maximum absolute atomic E-state index is 11.7. The smallest absolute Gasteiger partial charge is 0.408 e. The van der Waals surface area contributed by atoms with Crippen molar-refractivity contribution < 1.29 is 29.0 Å². The zero-order chi connectivity index (χ0) is 21.8. The van der Waals surface area contributed by atoms with Crippen LogP contribution in [0.2, 0.25) is 0 Å². The Labute approximate surface area is 167 Å². The van der Waals surface area contributed by atoms with Gasteiger partial charge in [0.1, 0.15) is 6.73 Å². The fourth-order valence-corrected chi connectivity index (χ4v) is 2.02. The molecule has 0 aliphatic carbocycles. The molecule has 0 unspecified atom stereocenters. The summed E-state index contributed by atoms with van der Waals surface area (Å²) >= 11 is 0. The standard InChI is InChI=1S/C19H33N3O6/c1-7-27-18(2,3)10-12-20-15(23)8-9-16(24)21-13-11-19(4,5)28-14-22(6)17(25)26/h7,10-14H2,1-6H3,(H,20,23)(H,21,24)(H,25,26). The van der Waals surface area contributed by atoms with Crippen LogP contribution in [0.25, 0.3) is 0 Å². The molecule has 160 valence electrons. The normalized spacial score (nSPS) is 11.2. The van der Waals surface area contributed by atoms with E-state index < -0.39 is 23.5 Å². The summed E-state index contributed by atoms with van der Waals surface area (Å²) in [6, 6.07) is 0. The SMILES string of the molecule is CCOC(C)(C)CCNC(=O)C#CC(=O)NCCC(C)(C)OCN(C)C(=O)O. The van der Waals surface area contributed by atoms with Crippen molar-refractivity contribution in [1.82, 2.24) is 15.5 Å². The summed E-state index contributed by atoms with van der Waals surface area (Å²) in [5, 5.41) is 14.0. The fraction of sp³-hybridized carbons (Fsp3) is 0.737. The summed E-state index contributed by atoms with van der Waals surface area (Å²) in [4.78, 5) is 35.1. The number of amides is 3. The van der Waals surface area contributed by atoms with Gasteiger partial charge in [0.2, 0.25) is 0 Å².